The molecule has 1 amide bonds. The highest BCUT2D eigenvalue weighted by Crippen LogP contribution is 2.58. The van der Waals surface area contributed by atoms with Crippen LogP contribution in [-0.4, -0.2) is 25.5 Å². The average Bonchev–Trinajstić information content (AvgIpc) is 3.26. The average molecular weight is 315 g/mol. The summed E-state index contributed by atoms with van der Waals surface area (Å²) in [6.07, 6.45) is 3.32. The number of amides is 1. The Morgan fingerprint density at radius 3 is 2.48 bits per heavy atom. The molecule has 1 aromatic rings. The fourth-order valence-corrected chi connectivity index (χ4v) is 3.78. The Bertz CT molecular complexity index is 546. The quantitative estimate of drug-likeness (QED) is 0.781. The lowest BCUT2D eigenvalue weighted by atomic mass is 9.91. The SMILES string of the molecule is CC(C)c1ccc(C(N)CNC(=O)C2CC23CCNCC3)cc1. The summed E-state index contributed by atoms with van der Waals surface area (Å²) in [6, 6.07) is 8.29. The summed E-state index contributed by atoms with van der Waals surface area (Å²) in [7, 11) is 0. The molecule has 4 nitrogen and oxygen atoms in total. The lowest BCUT2D eigenvalue weighted by molar-refractivity contribution is -0.123. The summed E-state index contributed by atoms with van der Waals surface area (Å²) in [5, 5.41) is 6.44. The van der Waals surface area contributed by atoms with Crippen LogP contribution < -0.4 is 16.4 Å². The first-order valence-electron chi connectivity index (χ1n) is 8.86. The van der Waals surface area contributed by atoms with E-state index in [0.717, 1.165) is 37.9 Å². The first-order valence-corrected chi connectivity index (χ1v) is 8.86. The van der Waals surface area contributed by atoms with E-state index in [1.807, 2.05) is 0 Å². The van der Waals surface area contributed by atoms with Crippen molar-refractivity contribution in [3.63, 3.8) is 0 Å². The van der Waals surface area contributed by atoms with Gasteiger partial charge in [0, 0.05) is 18.5 Å². The van der Waals surface area contributed by atoms with E-state index in [2.05, 4.69) is 48.7 Å². The van der Waals surface area contributed by atoms with Crippen LogP contribution in [0.5, 0.6) is 0 Å². The highest BCUT2D eigenvalue weighted by Gasteiger charge is 2.57. The Morgan fingerprint density at radius 1 is 1.26 bits per heavy atom. The van der Waals surface area contributed by atoms with Crippen molar-refractivity contribution in [2.24, 2.45) is 17.1 Å². The number of benzene rings is 1. The van der Waals surface area contributed by atoms with Gasteiger partial charge < -0.3 is 16.4 Å². The Morgan fingerprint density at radius 2 is 1.87 bits per heavy atom. The summed E-state index contributed by atoms with van der Waals surface area (Å²) < 4.78 is 0. The maximum atomic E-state index is 12.4. The number of hydrogen-bond acceptors (Lipinski definition) is 3. The molecule has 4 heteroatoms. The second-order valence-electron chi connectivity index (χ2n) is 7.54. The molecular formula is C19H29N3O. The van der Waals surface area contributed by atoms with E-state index >= 15 is 0 Å². The van der Waals surface area contributed by atoms with Gasteiger partial charge in [-0.05, 0) is 54.8 Å². The number of nitrogens with one attached hydrogen (secondary N) is 2. The van der Waals surface area contributed by atoms with E-state index in [1.54, 1.807) is 0 Å². The van der Waals surface area contributed by atoms with Gasteiger partial charge in [0.25, 0.3) is 0 Å². The van der Waals surface area contributed by atoms with E-state index in [4.69, 9.17) is 5.73 Å². The van der Waals surface area contributed by atoms with Crippen LogP contribution in [0.3, 0.4) is 0 Å². The van der Waals surface area contributed by atoms with Crippen LogP contribution >= 0.6 is 0 Å². The Hall–Kier alpha value is -1.39. The van der Waals surface area contributed by atoms with Crippen LogP contribution in [0.1, 0.15) is 56.2 Å². The number of hydrogen-bond donors (Lipinski definition) is 3. The third-order valence-electron chi connectivity index (χ3n) is 5.63. The van der Waals surface area contributed by atoms with Crippen molar-refractivity contribution in [1.82, 2.24) is 10.6 Å². The van der Waals surface area contributed by atoms with Crippen molar-refractivity contribution in [3.8, 4) is 0 Å². The number of rotatable bonds is 5. The van der Waals surface area contributed by atoms with Gasteiger partial charge >= 0.3 is 0 Å². The molecule has 0 bridgehead atoms. The second kappa shape index (κ2) is 6.62. The summed E-state index contributed by atoms with van der Waals surface area (Å²) in [6.45, 7) is 6.98. The van der Waals surface area contributed by atoms with Crippen molar-refractivity contribution >= 4 is 5.91 Å². The third-order valence-corrected chi connectivity index (χ3v) is 5.63. The first kappa shape index (κ1) is 16.5. The van der Waals surface area contributed by atoms with E-state index in [-0.39, 0.29) is 17.9 Å². The summed E-state index contributed by atoms with van der Waals surface area (Å²) in [5.74, 6) is 0.928. The molecule has 2 fully saturated rings. The number of carbonyl (C=O) groups excluding carboxylic acids is 1. The monoisotopic (exact) mass is 315 g/mol. The third kappa shape index (κ3) is 3.59. The van der Waals surface area contributed by atoms with E-state index in [0.29, 0.717) is 17.9 Å². The molecule has 1 aliphatic carbocycles. The predicted octanol–water partition coefficient (Wildman–Crippen LogP) is 2.32. The van der Waals surface area contributed by atoms with Crippen LogP contribution in [0.2, 0.25) is 0 Å². The molecule has 4 N–H and O–H groups in total. The largest absolute Gasteiger partial charge is 0.354 e. The maximum Gasteiger partial charge on any atom is 0.223 e. The van der Waals surface area contributed by atoms with Gasteiger partial charge in [-0.15, -0.1) is 0 Å². The fourth-order valence-electron chi connectivity index (χ4n) is 3.78. The van der Waals surface area contributed by atoms with Gasteiger partial charge in [0.1, 0.15) is 0 Å². The van der Waals surface area contributed by atoms with E-state index in [1.165, 1.54) is 5.56 Å². The van der Waals surface area contributed by atoms with Crippen LogP contribution in [0.15, 0.2) is 24.3 Å². The van der Waals surface area contributed by atoms with Gasteiger partial charge in [-0.2, -0.15) is 0 Å². The van der Waals surface area contributed by atoms with Crippen molar-refractivity contribution in [1.29, 1.82) is 0 Å². The summed E-state index contributed by atoms with van der Waals surface area (Å²) in [5.41, 5.74) is 8.93. The van der Waals surface area contributed by atoms with Crippen molar-refractivity contribution in [2.45, 2.75) is 45.1 Å². The molecule has 0 aromatic heterocycles. The molecule has 0 radical (unpaired) electrons. The van der Waals surface area contributed by atoms with Gasteiger partial charge in [-0.25, -0.2) is 0 Å². The minimum atomic E-state index is -0.136. The van der Waals surface area contributed by atoms with E-state index in [9.17, 15) is 4.79 Å². The minimum Gasteiger partial charge on any atom is -0.354 e. The molecule has 23 heavy (non-hydrogen) atoms. The van der Waals surface area contributed by atoms with Gasteiger partial charge in [-0.1, -0.05) is 38.1 Å². The van der Waals surface area contributed by atoms with Gasteiger partial charge in [0.2, 0.25) is 5.91 Å². The molecule has 3 rings (SSSR count). The Balaban J connectivity index is 1.49. The highest BCUT2D eigenvalue weighted by atomic mass is 16.2. The second-order valence-corrected chi connectivity index (χ2v) is 7.54. The summed E-state index contributed by atoms with van der Waals surface area (Å²) >= 11 is 0. The smallest absolute Gasteiger partial charge is 0.223 e. The molecule has 1 saturated carbocycles. The first-order chi connectivity index (χ1) is 11.0. The van der Waals surface area contributed by atoms with Crippen LogP contribution in [0.4, 0.5) is 0 Å². The number of nitrogens with two attached hydrogens (primary N) is 1. The molecule has 2 atom stereocenters. The van der Waals surface area contributed by atoms with Crippen LogP contribution in [-0.2, 0) is 4.79 Å². The zero-order chi connectivity index (χ0) is 16.4. The van der Waals surface area contributed by atoms with Crippen molar-refractivity contribution in [3.05, 3.63) is 35.4 Å². The topological polar surface area (TPSA) is 67.1 Å². The Labute approximate surface area is 139 Å². The molecule has 1 aromatic carbocycles. The van der Waals surface area contributed by atoms with E-state index < -0.39 is 0 Å². The summed E-state index contributed by atoms with van der Waals surface area (Å²) in [4.78, 5) is 12.4. The zero-order valence-corrected chi connectivity index (χ0v) is 14.3. The highest BCUT2D eigenvalue weighted by molar-refractivity contribution is 5.82. The van der Waals surface area contributed by atoms with Crippen molar-refractivity contribution in [2.75, 3.05) is 19.6 Å². The number of piperidine rings is 1. The Kier molecular flexibility index (Phi) is 4.74. The molecule has 1 spiro atoms. The molecule has 2 unspecified atom stereocenters. The van der Waals surface area contributed by atoms with Gasteiger partial charge in [-0.3, -0.25) is 4.79 Å². The van der Waals surface area contributed by atoms with Gasteiger partial charge in [0.05, 0.1) is 0 Å². The lowest BCUT2D eigenvalue weighted by Crippen LogP contribution is -2.36. The maximum absolute atomic E-state index is 12.4. The molecule has 1 heterocycles. The molecule has 1 aliphatic heterocycles. The zero-order valence-electron chi connectivity index (χ0n) is 14.3. The van der Waals surface area contributed by atoms with Crippen LogP contribution in [0, 0.1) is 11.3 Å². The standard InChI is InChI=1S/C19H29N3O/c1-13(2)14-3-5-15(6-4-14)17(20)12-22-18(23)16-11-19(16)7-9-21-10-8-19/h3-6,13,16-17,21H,7-12,20H2,1-2H3,(H,22,23). The molecule has 2 aliphatic rings. The minimum absolute atomic E-state index is 0.136. The fraction of sp³-hybridized carbons (Fsp3) is 0.632. The van der Waals surface area contributed by atoms with Crippen molar-refractivity contribution < 1.29 is 4.79 Å². The van der Waals surface area contributed by atoms with Gasteiger partial charge in [0.15, 0.2) is 0 Å². The normalized spacial score (nSPS) is 23.7. The predicted molar refractivity (Wildman–Crippen MR) is 93.1 cm³/mol. The number of carbonyl (C=O) groups is 1. The molecule has 1 saturated heterocycles. The van der Waals surface area contributed by atoms with Crippen LogP contribution in [0.25, 0.3) is 0 Å². The molecule has 126 valence electrons. The molecular weight excluding hydrogens is 286 g/mol. The lowest BCUT2D eigenvalue weighted by Gasteiger charge is -2.23.